The van der Waals surface area contributed by atoms with E-state index in [0.717, 1.165) is 5.56 Å². The van der Waals surface area contributed by atoms with Gasteiger partial charge in [0.05, 0.1) is 13.0 Å². The van der Waals surface area contributed by atoms with E-state index in [9.17, 15) is 9.59 Å². The number of carbonyl (C=O) groups is 2. The summed E-state index contributed by atoms with van der Waals surface area (Å²) in [7, 11) is 0. The van der Waals surface area contributed by atoms with Gasteiger partial charge in [-0.1, -0.05) is 23.7 Å². The quantitative estimate of drug-likeness (QED) is 0.758. The molecule has 0 saturated heterocycles. The molecule has 0 radical (unpaired) electrons. The van der Waals surface area contributed by atoms with Crippen LogP contribution in [0.5, 0.6) is 0 Å². The molecule has 1 aromatic rings. The topological polar surface area (TPSA) is 67.4 Å². The fourth-order valence-corrected chi connectivity index (χ4v) is 1.80. The Morgan fingerprint density at radius 1 is 1.25 bits per heavy atom. The van der Waals surface area contributed by atoms with Gasteiger partial charge in [0.1, 0.15) is 0 Å². The zero-order valence-corrected chi connectivity index (χ0v) is 12.2. The molecule has 0 fully saturated rings. The lowest BCUT2D eigenvalue weighted by molar-refractivity contribution is -0.142. The van der Waals surface area contributed by atoms with Gasteiger partial charge in [0, 0.05) is 18.1 Å². The Hall–Kier alpha value is -1.75. The Bertz CT molecular complexity index is 452. The number of carbonyl (C=O) groups excluding carboxylic acids is 2. The van der Waals surface area contributed by atoms with E-state index >= 15 is 0 Å². The second kappa shape index (κ2) is 9.20. The van der Waals surface area contributed by atoms with Crippen molar-refractivity contribution in [1.82, 2.24) is 10.6 Å². The van der Waals surface area contributed by atoms with Gasteiger partial charge in [0.15, 0.2) is 0 Å². The first-order chi connectivity index (χ1) is 9.61. The van der Waals surface area contributed by atoms with E-state index in [1.54, 1.807) is 13.0 Å². The summed E-state index contributed by atoms with van der Waals surface area (Å²) in [5, 5.41) is 5.99. The molecule has 6 heteroatoms. The number of esters is 1. The second-order valence-electron chi connectivity index (χ2n) is 4.12. The Morgan fingerprint density at radius 3 is 2.70 bits per heavy atom. The summed E-state index contributed by atoms with van der Waals surface area (Å²) in [6.07, 6.45) is 0.876. The maximum Gasteiger partial charge on any atom is 0.314 e. The van der Waals surface area contributed by atoms with E-state index in [1.807, 2.05) is 18.2 Å². The highest BCUT2D eigenvalue weighted by Gasteiger charge is 2.03. The number of urea groups is 1. The van der Waals surface area contributed by atoms with Crippen LogP contribution in [0.1, 0.15) is 18.9 Å². The molecule has 1 rings (SSSR count). The predicted octanol–water partition coefficient (Wildman–Crippen LogP) is 2.13. The summed E-state index contributed by atoms with van der Waals surface area (Å²) < 4.78 is 4.75. The van der Waals surface area contributed by atoms with Crippen LogP contribution in [0, 0.1) is 0 Å². The highest BCUT2D eigenvalue weighted by atomic mass is 35.5. The minimum absolute atomic E-state index is 0.176. The number of hydrogen-bond donors (Lipinski definition) is 2. The van der Waals surface area contributed by atoms with Gasteiger partial charge in [-0.3, -0.25) is 4.79 Å². The Morgan fingerprint density at radius 2 is 2.00 bits per heavy atom. The van der Waals surface area contributed by atoms with Crippen LogP contribution in [0.25, 0.3) is 0 Å². The van der Waals surface area contributed by atoms with E-state index in [1.165, 1.54) is 0 Å². The summed E-state index contributed by atoms with van der Waals surface area (Å²) in [4.78, 5) is 22.5. The molecule has 0 heterocycles. The number of hydrogen-bond acceptors (Lipinski definition) is 3. The van der Waals surface area contributed by atoms with Crippen molar-refractivity contribution < 1.29 is 14.3 Å². The van der Waals surface area contributed by atoms with Crippen molar-refractivity contribution in [2.24, 2.45) is 0 Å². The normalized spacial score (nSPS) is 9.90. The zero-order valence-electron chi connectivity index (χ0n) is 11.4. The van der Waals surface area contributed by atoms with Gasteiger partial charge in [0.2, 0.25) is 0 Å². The van der Waals surface area contributed by atoms with Crippen LogP contribution >= 0.6 is 11.6 Å². The van der Waals surface area contributed by atoms with Gasteiger partial charge in [0.25, 0.3) is 0 Å². The maximum atomic E-state index is 11.4. The second-order valence-corrected chi connectivity index (χ2v) is 4.55. The Kier molecular flexibility index (Phi) is 7.50. The van der Waals surface area contributed by atoms with Crippen molar-refractivity contribution in [3.63, 3.8) is 0 Å². The zero-order chi connectivity index (χ0) is 14.8. The van der Waals surface area contributed by atoms with Gasteiger partial charge < -0.3 is 15.4 Å². The molecule has 5 nitrogen and oxygen atoms in total. The molecule has 0 unspecified atom stereocenters. The molecule has 1 aromatic carbocycles. The van der Waals surface area contributed by atoms with Crippen molar-refractivity contribution >= 4 is 23.6 Å². The molecule has 0 aliphatic rings. The first-order valence-corrected chi connectivity index (χ1v) is 6.91. The Labute approximate surface area is 123 Å². The van der Waals surface area contributed by atoms with Crippen LogP contribution in [-0.4, -0.2) is 31.7 Å². The third-order valence-electron chi connectivity index (χ3n) is 2.51. The smallest absolute Gasteiger partial charge is 0.314 e. The number of amides is 2. The average molecular weight is 299 g/mol. The minimum Gasteiger partial charge on any atom is -0.466 e. The predicted molar refractivity (Wildman–Crippen MR) is 77.8 cm³/mol. The van der Waals surface area contributed by atoms with Crippen LogP contribution in [0.4, 0.5) is 4.79 Å². The monoisotopic (exact) mass is 298 g/mol. The summed E-state index contributed by atoms with van der Waals surface area (Å²) >= 11 is 5.87. The largest absolute Gasteiger partial charge is 0.466 e. The molecule has 20 heavy (non-hydrogen) atoms. The summed E-state index contributed by atoms with van der Waals surface area (Å²) in [5.41, 5.74) is 1.06. The number of rotatable bonds is 7. The first kappa shape index (κ1) is 16.3. The number of ether oxygens (including phenoxy) is 1. The fraction of sp³-hybridized carbons (Fsp3) is 0.429. The molecule has 2 N–H and O–H groups in total. The molecular weight excluding hydrogens is 280 g/mol. The fourth-order valence-electron chi connectivity index (χ4n) is 1.59. The number of nitrogens with one attached hydrogen (secondary N) is 2. The van der Waals surface area contributed by atoms with Gasteiger partial charge in [-0.05, 0) is 31.0 Å². The summed E-state index contributed by atoms with van der Waals surface area (Å²) in [6, 6.07) is 7.20. The maximum absolute atomic E-state index is 11.4. The minimum atomic E-state index is -0.313. The van der Waals surface area contributed by atoms with Crippen molar-refractivity contribution in [2.45, 2.75) is 19.8 Å². The summed E-state index contributed by atoms with van der Waals surface area (Å²) in [5.74, 6) is -0.313. The highest BCUT2D eigenvalue weighted by Crippen LogP contribution is 2.10. The van der Waals surface area contributed by atoms with E-state index in [2.05, 4.69) is 10.6 Å². The third kappa shape index (κ3) is 6.99. The van der Waals surface area contributed by atoms with Gasteiger partial charge >= 0.3 is 12.0 Å². The van der Waals surface area contributed by atoms with Crippen molar-refractivity contribution in [3.05, 3.63) is 34.9 Å². The van der Waals surface area contributed by atoms with Crippen LogP contribution in [0.15, 0.2) is 24.3 Å². The van der Waals surface area contributed by atoms with Gasteiger partial charge in [-0.2, -0.15) is 0 Å². The van der Waals surface area contributed by atoms with E-state index in [-0.39, 0.29) is 25.0 Å². The van der Waals surface area contributed by atoms with Crippen molar-refractivity contribution in [1.29, 1.82) is 0 Å². The van der Waals surface area contributed by atoms with Gasteiger partial charge in [-0.25, -0.2) is 4.79 Å². The first-order valence-electron chi connectivity index (χ1n) is 6.53. The Balaban J connectivity index is 2.13. The number of halogens is 1. The molecule has 110 valence electrons. The molecular formula is C14H19ClN2O3. The summed E-state index contributed by atoms with van der Waals surface area (Å²) in [6.45, 7) is 2.87. The van der Waals surface area contributed by atoms with E-state index in [4.69, 9.17) is 16.3 Å². The number of benzene rings is 1. The highest BCUT2D eigenvalue weighted by molar-refractivity contribution is 6.30. The molecule has 0 bridgehead atoms. The molecule has 0 aromatic heterocycles. The van der Waals surface area contributed by atoms with Crippen molar-refractivity contribution in [3.8, 4) is 0 Å². The molecule has 0 saturated carbocycles. The lowest BCUT2D eigenvalue weighted by atomic mass is 10.1. The van der Waals surface area contributed by atoms with Crippen LogP contribution < -0.4 is 10.6 Å². The molecule has 2 amide bonds. The average Bonchev–Trinajstić information content (AvgIpc) is 2.39. The van der Waals surface area contributed by atoms with Crippen molar-refractivity contribution in [2.75, 3.05) is 19.7 Å². The molecule has 0 spiro atoms. The molecule has 0 atom stereocenters. The van der Waals surface area contributed by atoms with Gasteiger partial charge in [-0.15, -0.1) is 0 Å². The van der Waals surface area contributed by atoms with E-state index in [0.29, 0.717) is 24.6 Å². The van der Waals surface area contributed by atoms with E-state index < -0.39 is 0 Å². The van der Waals surface area contributed by atoms with Crippen LogP contribution in [-0.2, 0) is 16.0 Å². The SMILES string of the molecule is CCOC(=O)CCNC(=O)NCCc1cccc(Cl)c1. The lowest BCUT2D eigenvalue weighted by Gasteiger charge is -2.07. The van der Waals surface area contributed by atoms with Crippen LogP contribution in [0.2, 0.25) is 5.02 Å². The standard InChI is InChI=1S/C14H19ClN2O3/c1-2-20-13(18)7-9-17-14(19)16-8-6-11-4-3-5-12(15)10-11/h3-5,10H,2,6-9H2,1H3,(H2,16,17,19). The molecule has 0 aliphatic heterocycles. The molecule has 0 aliphatic carbocycles. The lowest BCUT2D eigenvalue weighted by Crippen LogP contribution is -2.37. The third-order valence-corrected chi connectivity index (χ3v) is 2.74. The van der Waals surface area contributed by atoms with Crippen LogP contribution in [0.3, 0.4) is 0 Å².